The van der Waals surface area contributed by atoms with Crippen molar-refractivity contribution < 1.29 is 10.2 Å². The lowest BCUT2D eigenvalue weighted by Gasteiger charge is -2.12. The van der Waals surface area contributed by atoms with Crippen molar-refractivity contribution >= 4 is 0 Å². The van der Waals surface area contributed by atoms with Crippen LogP contribution in [0.4, 0.5) is 0 Å². The summed E-state index contributed by atoms with van der Waals surface area (Å²) in [6.07, 6.45) is 7.11. The van der Waals surface area contributed by atoms with Crippen LogP contribution in [0.3, 0.4) is 0 Å². The largest absolute Gasteiger partial charge is 0.508 e. The third kappa shape index (κ3) is 4.25. The number of benzene rings is 1. The fourth-order valence-electron chi connectivity index (χ4n) is 2.35. The van der Waals surface area contributed by atoms with Crippen molar-refractivity contribution in [3.63, 3.8) is 0 Å². The lowest BCUT2D eigenvalue weighted by atomic mass is 9.97. The Labute approximate surface area is 111 Å². The topological polar surface area (TPSA) is 40.5 Å². The SMILES string of the molecule is CCCCCCCc1cc(O)c(C(C)C)c(O)c1. The van der Waals surface area contributed by atoms with E-state index in [1.807, 2.05) is 13.8 Å². The highest BCUT2D eigenvalue weighted by molar-refractivity contribution is 5.48. The highest BCUT2D eigenvalue weighted by atomic mass is 16.3. The molecular formula is C16H26O2. The van der Waals surface area contributed by atoms with Crippen molar-refractivity contribution in [1.29, 1.82) is 0 Å². The first-order valence-corrected chi connectivity index (χ1v) is 7.11. The number of unbranched alkanes of at least 4 members (excludes halogenated alkanes) is 4. The molecule has 0 heterocycles. The molecule has 0 unspecified atom stereocenters. The molecule has 0 aliphatic rings. The molecule has 0 aliphatic carbocycles. The van der Waals surface area contributed by atoms with Crippen LogP contribution in [0.15, 0.2) is 12.1 Å². The van der Waals surface area contributed by atoms with Gasteiger partial charge in [0, 0.05) is 5.56 Å². The van der Waals surface area contributed by atoms with Gasteiger partial charge in [-0.2, -0.15) is 0 Å². The average molecular weight is 250 g/mol. The number of rotatable bonds is 7. The van der Waals surface area contributed by atoms with Crippen LogP contribution in [0.25, 0.3) is 0 Å². The van der Waals surface area contributed by atoms with Crippen molar-refractivity contribution in [2.75, 3.05) is 0 Å². The van der Waals surface area contributed by atoms with Crippen molar-refractivity contribution in [2.45, 2.75) is 65.2 Å². The third-order valence-electron chi connectivity index (χ3n) is 3.34. The second-order valence-electron chi connectivity index (χ2n) is 5.37. The molecule has 2 heteroatoms. The van der Waals surface area contributed by atoms with Crippen molar-refractivity contribution in [3.05, 3.63) is 23.3 Å². The van der Waals surface area contributed by atoms with E-state index in [9.17, 15) is 10.2 Å². The summed E-state index contributed by atoms with van der Waals surface area (Å²) < 4.78 is 0. The summed E-state index contributed by atoms with van der Waals surface area (Å²) in [7, 11) is 0. The van der Waals surface area contributed by atoms with E-state index >= 15 is 0 Å². The number of phenolic OH excluding ortho intramolecular Hbond substituents is 2. The maximum absolute atomic E-state index is 9.92. The molecule has 0 fully saturated rings. The molecule has 0 aromatic heterocycles. The minimum Gasteiger partial charge on any atom is -0.508 e. The Morgan fingerprint density at radius 3 is 2.00 bits per heavy atom. The Morgan fingerprint density at radius 1 is 0.944 bits per heavy atom. The fourth-order valence-corrected chi connectivity index (χ4v) is 2.35. The van der Waals surface area contributed by atoms with Gasteiger partial charge in [0.15, 0.2) is 0 Å². The van der Waals surface area contributed by atoms with Gasteiger partial charge in [-0.1, -0.05) is 46.5 Å². The molecule has 0 atom stereocenters. The summed E-state index contributed by atoms with van der Waals surface area (Å²) in [6, 6.07) is 3.60. The van der Waals surface area contributed by atoms with Crippen LogP contribution in [-0.4, -0.2) is 10.2 Å². The highest BCUT2D eigenvalue weighted by Gasteiger charge is 2.12. The van der Waals surface area contributed by atoms with Gasteiger partial charge in [-0.3, -0.25) is 0 Å². The summed E-state index contributed by atoms with van der Waals surface area (Å²) >= 11 is 0. The number of aromatic hydroxyl groups is 2. The molecule has 2 N–H and O–H groups in total. The van der Waals surface area contributed by atoms with Gasteiger partial charge in [-0.05, 0) is 36.5 Å². The predicted octanol–water partition coefficient (Wildman–Crippen LogP) is 4.73. The normalized spacial score (nSPS) is 11.1. The van der Waals surface area contributed by atoms with Crippen molar-refractivity contribution in [2.24, 2.45) is 0 Å². The summed E-state index contributed by atoms with van der Waals surface area (Å²) in [5, 5.41) is 19.8. The number of hydrogen-bond donors (Lipinski definition) is 2. The van der Waals surface area contributed by atoms with Gasteiger partial charge >= 0.3 is 0 Å². The van der Waals surface area contributed by atoms with E-state index in [0.717, 1.165) is 18.4 Å². The molecule has 2 nitrogen and oxygen atoms in total. The minimum atomic E-state index is 0.142. The maximum Gasteiger partial charge on any atom is 0.123 e. The predicted molar refractivity (Wildman–Crippen MR) is 76.3 cm³/mol. The molecule has 0 amide bonds. The zero-order valence-corrected chi connectivity index (χ0v) is 11.9. The Hall–Kier alpha value is -1.18. The Bertz CT molecular complexity index is 346. The zero-order valence-electron chi connectivity index (χ0n) is 11.9. The van der Waals surface area contributed by atoms with Crippen LogP contribution in [0, 0.1) is 0 Å². The first-order valence-electron chi connectivity index (χ1n) is 7.11. The molecule has 102 valence electrons. The third-order valence-corrected chi connectivity index (χ3v) is 3.34. The number of aryl methyl sites for hydroxylation is 1. The first-order chi connectivity index (χ1) is 8.56. The van der Waals surface area contributed by atoms with Crippen LogP contribution < -0.4 is 0 Å². The highest BCUT2D eigenvalue weighted by Crippen LogP contribution is 2.35. The van der Waals surface area contributed by atoms with Gasteiger partial charge in [0.1, 0.15) is 11.5 Å². The minimum absolute atomic E-state index is 0.142. The molecule has 1 aromatic carbocycles. The quantitative estimate of drug-likeness (QED) is 0.686. The van der Waals surface area contributed by atoms with Gasteiger partial charge in [-0.15, -0.1) is 0 Å². The second kappa shape index (κ2) is 7.30. The summed E-state index contributed by atoms with van der Waals surface area (Å²) in [6.45, 7) is 6.15. The molecule has 18 heavy (non-hydrogen) atoms. The van der Waals surface area contributed by atoms with E-state index in [2.05, 4.69) is 6.92 Å². The average Bonchev–Trinajstić information content (AvgIpc) is 2.27. The van der Waals surface area contributed by atoms with Gasteiger partial charge in [0.05, 0.1) is 0 Å². The van der Waals surface area contributed by atoms with Gasteiger partial charge in [0.2, 0.25) is 0 Å². The molecule has 0 bridgehead atoms. The van der Waals surface area contributed by atoms with E-state index in [0.29, 0.717) is 5.56 Å². The van der Waals surface area contributed by atoms with Gasteiger partial charge in [0.25, 0.3) is 0 Å². The summed E-state index contributed by atoms with van der Waals surface area (Å²) in [4.78, 5) is 0. The standard InChI is InChI=1S/C16H26O2/c1-4-5-6-7-8-9-13-10-14(17)16(12(2)3)15(18)11-13/h10-12,17-18H,4-9H2,1-3H3. The van der Waals surface area contributed by atoms with E-state index < -0.39 is 0 Å². The van der Waals surface area contributed by atoms with Crippen LogP contribution in [0.5, 0.6) is 11.5 Å². The van der Waals surface area contributed by atoms with E-state index in [-0.39, 0.29) is 17.4 Å². The molecular weight excluding hydrogens is 224 g/mol. The van der Waals surface area contributed by atoms with Crippen LogP contribution in [0.1, 0.15) is 69.9 Å². The molecule has 0 aliphatic heterocycles. The Balaban J connectivity index is 2.58. The molecule has 1 aromatic rings. The van der Waals surface area contributed by atoms with Gasteiger partial charge < -0.3 is 10.2 Å². The molecule has 0 saturated heterocycles. The monoisotopic (exact) mass is 250 g/mol. The molecule has 0 saturated carbocycles. The fraction of sp³-hybridized carbons (Fsp3) is 0.625. The number of hydrogen-bond acceptors (Lipinski definition) is 2. The first kappa shape index (κ1) is 14.9. The number of phenols is 2. The Kier molecular flexibility index (Phi) is 6.03. The Morgan fingerprint density at radius 2 is 1.50 bits per heavy atom. The lowest BCUT2D eigenvalue weighted by molar-refractivity contribution is 0.432. The maximum atomic E-state index is 9.92. The van der Waals surface area contributed by atoms with Crippen molar-refractivity contribution in [1.82, 2.24) is 0 Å². The summed E-state index contributed by atoms with van der Waals surface area (Å²) in [5.41, 5.74) is 1.69. The summed E-state index contributed by atoms with van der Waals surface area (Å²) in [5.74, 6) is 0.603. The van der Waals surface area contributed by atoms with E-state index in [1.165, 1.54) is 25.7 Å². The lowest BCUT2D eigenvalue weighted by Crippen LogP contribution is -1.93. The zero-order chi connectivity index (χ0) is 13.5. The second-order valence-corrected chi connectivity index (χ2v) is 5.37. The van der Waals surface area contributed by atoms with Crippen molar-refractivity contribution in [3.8, 4) is 11.5 Å². The van der Waals surface area contributed by atoms with Gasteiger partial charge in [-0.25, -0.2) is 0 Å². The molecule has 1 rings (SSSR count). The molecule has 0 radical (unpaired) electrons. The van der Waals surface area contributed by atoms with E-state index in [4.69, 9.17) is 0 Å². The molecule has 0 spiro atoms. The van der Waals surface area contributed by atoms with Crippen LogP contribution in [-0.2, 0) is 6.42 Å². The van der Waals surface area contributed by atoms with Crippen LogP contribution in [0.2, 0.25) is 0 Å². The smallest absolute Gasteiger partial charge is 0.123 e. The van der Waals surface area contributed by atoms with Crippen LogP contribution >= 0.6 is 0 Å². The van der Waals surface area contributed by atoms with E-state index in [1.54, 1.807) is 12.1 Å².